The molecule has 27 heavy (non-hydrogen) atoms. The summed E-state index contributed by atoms with van der Waals surface area (Å²) in [5.41, 5.74) is 2.74. The molecule has 0 bridgehead atoms. The Balaban J connectivity index is 1.55. The monoisotopic (exact) mass is 488 g/mol. The number of rotatable bonds is 8. The Labute approximate surface area is 188 Å². The molecule has 0 radical (unpaired) electrons. The van der Waals surface area contributed by atoms with Gasteiger partial charge in [-0.15, -0.1) is 47.0 Å². The highest BCUT2D eigenvalue weighted by molar-refractivity contribution is 8.24. The van der Waals surface area contributed by atoms with Crippen LogP contribution >= 0.6 is 81.9 Å². The zero-order valence-corrected chi connectivity index (χ0v) is 19.8. The molecule has 2 aliphatic heterocycles. The number of thioether (sulfide) groups is 6. The van der Waals surface area contributed by atoms with Crippen molar-refractivity contribution in [2.24, 2.45) is 0 Å². The summed E-state index contributed by atoms with van der Waals surface area (Å²) in [4.78, 5) is 25.3. The van der Waals surface area contributed by atoms with Crippen LogP contribution in [0.1, 0.15) is 20.3 Å². The number of carbonyl (C=O) groups is 2. The lowest BCUT2D eigenvalue weighted by Crippen LogP contribution is -1.93. The summed E-state index contributed by atoms with van der Waals surface area (Å²) in [6.45, 7) is 7.03. The molecule has 9 heteroatoms. The van der Waals surface area contributed by atoms with Gasteiger partial charge in [-0.2, -0.15) is 11.3 Å². The van der Waals surface area contributed by atoms with Gasteiger partial charge in [-0.1, -0.05) is 36.7 Å². The Morgan fingerprint density at radius 1 is 0.889 bits per heavy atom. The molecule has 2 atom stereocenters. The summed E-state index contributed by atoms with van der Waals surface area (Å²) in [5, 5.41) is 8.88. The van der Waals surface area contributed by atoms with Crippen molar-refractivity contribution in [2.45, 2.75) is 9.16 Å². The van der Waals surface area contributed by atoms with Crippen LogP contribution in [0.2, 0.25) is 0 Å². The molecule has 3 heterocycles. The third-order valence-electron chi connectivity index (χ3n) is 3.44. The van der Waals surface area contributed by atoms with Crippen molar-refractivity contribution in [3.05, 3.63) is 67.8 Å². The molecule has 2 nitrogen and oxygen atoms in total. The lowest BCUT2D eigenvalue weighted by molar-refractivity contribution is -0.107. The molecule has 1 aromatic rings. The Bertz CT molecular complexity index is 744. The first-order valence-corrected chi connectivity index (χ1v) is 14.3. The van der Waals surface area contributed by atoms with Crippen molar-refractivity contribution in [3.63, 3.8) is 0 Å². The van der Waals surface area contributed by atoms with E-state index in [0.29, 0.717) is 20.7 Å². The van der Waals surface area contributed by atoms with E-state index in [4.69, 9.17) is 0 Å². The van der Waals surface area contributed by atoms with E-state index >= 15 is 0 Å². The van der Waals surface area contributed by atoms with Crippen molar-refractivity contribution in [1.29, 1.82) is 0 Å². The van der Waals surface area contributed by atoms with Crippen LogP contribution in [-0.2, 0) is 9.59 Å². The van der Waals surface area contributed by atoms with E-state index in [1.54, 1.807) is 11.3 Å². The first-order valence-electron chi connectivity index (χ1n) is 7.77. The molecule has 0 spiro atoms. The van der Waals surface area contributed by atoms with E-state index in [2.05, 4.69) is 34.7 Å². The van der Waals surface area contributed by atoms with Crippen molar-refractivity contribution in [1.82, 2.24) is 0 Å². The van der Waals surface area contributed by atoms with Gasteiger partial charge in [0.15, 0.2) is 0 Å². The number of hydrogen-bond donors (Lipinski definition) is 0. The molecule has 2 unspecified atom stereocenters. The van der Waals surface area contributed by atoms with Gasteiger partial charge in [0, 0.05) is 21.3 Å². The lowest BCUT2D eigenvalue weighted by Gasteiger charge is -2.15. The minimum absolute atomic E-state index is 0.0198. The van der Waals surface area contributed by atoms with E-state index < -0.39 is 0 Å². The third-order valence-corrected chi connectivity index (χ3v) is 11.9. The van der Waals surface area contributed by atoms with E-state index in [1.807, 2.05) is 47.0 Å². The average Bonchev–Trinajstić information content (AvgIpc) is 3.43. The predicted octanol–water partition coefficient (Wildman–Crippen LogP) is 7.28. The van der Waals surface area contributed by atoms with Gasteiger partial charge in [-0.25, -0.2) is 0 Å². The van der Waals surface area contributed by atoms with Gasteiger partial charge in [-0.3, -0.25) is 9.59 Å². The standard InChI is InChI=1S/C18H16O2S7/c1-3-15(19)22-5-11-7-24-17(26-11)13-9-21-10-14(13)18-25-8-12(27-18)6-23-16(20)4-2/h3-4,7-10,17-18H,1-2,5-6H2. The summed E-state index contributed by atoms with van der Waals surface area (Å²) in [7, 11) is 0. The minimum Gasteiger partial charge on any atom is -0.282 e. The fourth-order valence-corrected chi connectivity index (χ4v) is 10.4. The second-order valence-electron chi connectivity index (χ2n) is 5.25. The van der Waals surface area contributed by atoms with E-state index in [0.717, 1.165) is 0 Å². The largest absolute Gasteiger partial charge is 0.282 e. The zero-order valence-electron chi connectivity index (χ0n) is 14.1. The Kier molecular flexibility index (Phi) is 8.68. The van der Waals surface area contributed by atoms with Crippen molar-refractivity contribution in [2.75, 3.05) is 11.5 Å². The van der Waals surface area contributed by atoms with Gasteiger partial charge in [-0.05, 0) is 44.9 Å². The van der Waals surface area contributed by atoms with E-state index in [9.17, 15) is 9.59 Å². The minimum atomic E-state index is 0.0198. The van der Waals surface area contributed by atoms with Crippen LogP contribution in [0.15, 0.2) is 56.7 Å². The Morgan fingerprint density at radius 2 is 1.33 bits per heavy atom. The van der Waals surface area contributed by atoms with Gasteiger partial charge < -0.3 is 0 Å². The first kappa shape index (κ1) is 21.8. The highest BCUT2D eigenvalue weighted by atomic mass is 32.2. The Hall–Kier alpha value is 0.1000. The molecule has 3 rings (SSSR count). The van der Waals surface area contributed by atoms with E-state index in [-0.39, 0.29) is 10.2 Å². The number of thiophene rings is 1. The highest BCUT2D eigenvalue weighted by Crippen LogP contribution is 2.58. The summed E-state index contributed by atoms with van der Waals surface area (Å²) in [5.74, 6) is 1.43. The van der Waals surface area contributed by atoms with Crippen LogP contribution in [0.4, 0.5) is 0 Å². The van der Waals surface area contributed by atoms with Gasteiger partial charge in [0.05, 0.1) is 9.16 Å². The third kappa shape index (κ3) is 6.04. The summed E-state index contributed by atoms with van der Waals surface area (Å²) < 4.78 is 0.699. The van der Waals surface area contributed by atoms with E-state index in [1.165, 1.54) is 56.6 Å². The molecule has 0 N–H and O–H groups in total. The maximum Gasteiger partial charge on any atom is 0.211 e. The second-order valence-corrected chi connectivity index (χ2v) is 13.0. The van der Waals surface area contributed by atoms with Crippen LogP contribution in [0.3, 0.4) is 0 Å². The molecule has 142 valence electrons. The molecular formula is C18H16O2S7. The van der Waals surface area contributed by atoms with Crippen LogP contribution in [-0.4, -0.2) is 21.7 Å². The number of carbonyl (C=O) groups excluding carboxylic acids is 2. The SMILES string of the molecule is C=CC(=O)SCC1=CSC(c2cscc2C2SC=C(CSC(=O)C=C)S2)S1. The maximum atomic E-state index is 11.4. The molecular weight excluding hydrogens is 473 g/mol. The molecule has 0 saturated heterocycles. The predicted molar refractivity (Wildman–Crippen MR) is 132 cm³/mol. The first-order chi connectivity index (χ1) is 13.1. The van der Waals surface area contributed by atoms with Gasteiger partial charge in [0.25, 0.3) is 0 Å². The fraction of sp³-hybridized carbons (Fsp3) is 0.222. The van der Waals surface area contributed by atoms with Crippen LogP contribution < -0.4 is 0 Å². The summed E-state index contributed by atoms with van der Waals surface area (Å²) in [6.07, 6.45) is 2.74. The van der Waals surface area contributed by atoms with Crippen molar-refractivity contribution < 1.29 is 9.59 Å². The van der Waals surface area contributed by atoms with Crippen molar-refractivity contribution in [3.8, 4) is 0 Å². The van der Waals surface area contributed by atoms with Crippen molar-refractivity contribution >= 4 is 92.1 Å². The topological polar surface area (TPSA) is 34.1 Å². The highest BCUT2D eigenvalue weighted by Gasteiger charge is 2.29. The molecule has 0 saturated carbocycles. The quantitative estimate of drug-likeness (QED) is 0.353. The summed E-state index contributed by atoms with van der Waals surface area (Å²) in [6, 6.07) is 0. The van der Waals surface area contributed by atoms with Gasteiger partial charge in [0.2, 0.25) is 10.2 Å². The van der Waals surface area contributed by atoms with Crippen LogP contribution in [0, 0.1) is 0 Å². The molecule has 0 fully saturated rings. The Morgan fingerprint density at radius 3 is 1.74 bits per heavy atom. The maximum absolute atomic E-state index is 11.4. The van der Waals surface area contributed by atoms with Crippen LogP contribution in [0.5, 0.6) is 0 Å². The molecule has 2 aliphatic rings. The molecule has 1 aromatic heterocycles. The summed E-state index contributed by atoms with van der Waals surface area (Å²) >= 11 is 11.7. The zero-order chi connectivity index (χ0) is 19.2. The smallest absolute Gasteiger partial charge is 0.211 e. The molecule has 0 amide bonds. The normalized spacial score (nSPS) is 21.6. The molecule has 0 aromatic carbocycles. The van der Waals surface area contributed by atoms with Gasteiger partial charge >= 0.3 is 0 Å². The van der Waals surface area contributed by atoms with Crippen LogP contribution in [0.25, 0.3) is 0 Å². The lowest BCUT2D eigenvalue weighted by atomic mass is 10.2. The number of hydrogen-bond acceptors (Lipinski definition) is 9. The van der Waals surface area contributed by atoms with Gasteiger partial charge in [0.1, 0.15) is 0 Å². The second kappa shape index (κ2) is 10.8. The average molecular weight is 489 g/mol. The fourth-order valence-electron chi connectivity index (χ4n) is 2.17. The molecule has 0 aliphatic carbocycles.